The monoisotopic (exact) mass is 265 g/mol. The Hall–Kier alpha value is -0.560. The van der Waals surface area contributed by atoms with Crippen molar-refractivity contribution in [2.75, 3.05) is 40.3 Å². The van der Waals surface area contributed by atoms with Crippen LogP contribution in [0.5, 0.6) is 0 Å². The van der Waals surface area contributed by atoms with E-state index in [1.807, 2.05) is 0 Å². The number of nitrogens with one attached hydrogen (secondary N) is 1. The first-order chi connectivity index (χ1) is 9.17. The minimum absolute atomic E-state index is 0.618. The highest BCUT2D eigenvalue weighted by molar-refractivity contribution is 4.86. The second-order valence-corrected chi connectivity index (χ2v) is 5.88. The summed E-state index contributed by atoms with van der Waals surface area (Å²) in [6.45, 7) is 6.91. The van der Waals surface area contributed by atoms with Crippen molar-refractivity contribution in [1.29, 1.82) is 0 Å². The van der Waals surface area contributed by atoms with Gasteiger partial charge in [0.15, 0.2) is 0 Å². The maximum atomic E-state index is 5.35. The van der Waals surface area contributed by atoms with Gasteiger partial charge in [-0.2, -0.15) is 0 Å². The summed E-state index contributed by atoms with van der Waals surface area (Å²) < 4.78 is 0. The Morgan fingerprint density at radius 2 is 2.16 bits per heavy atom. The molecule has 0 aromatic carbocycles. The molecule has 0 spiro atoms. The van der Waals surface area contributed by atoms with Crippen LogP contribution in [0, 0.1) is 12.3 Å². The number of hydrogen-bond acceptors (Lipinski definition) is 3. The standard InChI is InChI=1S/C16H31N3/c1-5-7-8-9-15(17-10-6-2)13-16-14-18(3)11-12-19(16)4/h1,15-17H,6-14H2,2-4H3. The van der Waals surface area contributed by atoms with Crippen molar-refractivity contribution in [1.82, 2.24) is 15.1 Å². The molecule has 0 aromatic heterocycles. The van der Waals surface area contributed by atoms with Gasteiger partial charge in [-0.05, 0) is 46.3 Å². The van der Waals surface area contributed by atoms with Crippen LogP contribution < -0.4 is 5.32 Å². The number of piperazine rings is 1. The van der Waals surface area contributed by atoms with Crippen molar-refractivity contribution in [3.05, 3.63) is 0 Å². The molecule has 0 amide bonds. The molecule has 110 valence electrons. The van der Waals surface area contributed by atoms with Gasteiger partial charge in [0, 0.05) is 38.1 Å². The molecule has 19 heavy (non-hydrogen) atoms. The van der Waals surface area contributed by atoms with E-state index >= 15 is 0 Å². The van der Waals surface area contributed by atoms with Crippen molar-refractivity contribution in [3.63, 3.8) is 0 Å². The number of nitrogens with zero attached hydrogens (tertiary/aromatic N) is 2. The maximum Gasteiger partial charge on any atom is 0.0235 e. The molecule has 3 heteroatoms. The number of unbranched alkanes of at least 4 members (excludes halogenated alkanes) is 1. The second kappa shape index (κ2) is 9.36. The summed E-state index contributed by atoms with van der Waals surface area (Å²) in [5.41, 5.74) is 0. The molecule has 0 saturated carbocycles. The number of terminal acetylenes is 1. The average molecular weight is 265 g/mol. The number of rotatable bonds is 8. The van der Waals surface area contributed by atoms with Gasteiger partial charge in [-0.3, -0.25) is 0 Å². The third-order valence-corrected chi connectivity index (χ3v) is 4.09. The van der Waals surface area contributed by atoms with Gasteiger partial charge in [-0.1, -0.05) is 6.92 Å². The van der Waals surface area contributed by atoms with E-state index in [0.29, 0.717) is 12.1 Å². The number of likely N-dealkylation sites (N-methyl/N-ethyl adjacent to an activating group) is 2. The fourth-order valence-corrected chi connectivity index (χ4v) is 2.79. The van der Waals surface area contributed by atoms with Gasteiger partial charge in [-0.15, -0.1) is 12.3 Å². The first kappa shape index (κ1) is 16.5. The van der Waals surface area contributed by atoms with Gasteiger partial charge in [0.1, 0.15) is 0 Å². The van der Waals surface area contributed by atoms with Crippen molar-refractivity contribution < 1.29 is 0 Å². The lowest BCUT2D eigenvalue weighted by Gasteiger charge is -2.39. The molecular formula is C16H31N3. The summed E-state index contributed by atoms with van der Waals surface area (Å²) in [7, 11) is 4.49. The second-order valence-electron chi connectivity index (χ2n) is 5.88. The normalized spacial score (nSPS) is 23.2. The predicted octanol–water partition coefficient (Wildman–Crippen LogP) is 1.79. The van der Waals surface area contributed by atoms with Crippen LogP contribution in [0.25, 0.3) is 0 Å². The summed E-state index contributed by atoms with van der Waals surface area (Å²) in [6, 6.07) is 1.30. The third kappa shape index (κ3) is 6.42. The molecule has 1 N–H and O–H groups in total. The largest absolute Gasteiger partial charge is 0.314 e. The molecule has 1 rings (SSSR count). The molecule has 3 nitrogen and oxygen atoms in total. The van der Waals surface area contributed by atoms with E-state index in [-0.39, 0.29) is 0 Å². The van der Waals surface area contributed by atoms with Crippen LogP contribution in [0.4, 0.5) is 0 Å². The minimum atomic E-state index is 0.618. The van der Waals surface area contributed by atoms with Gasteiger partial charge in [0.25, 0.3) is 0 Å². The van der Waals surface area contributed by atoms with E-state index in [1.165, 1.54) is 38.9 Å². The molecule has 1 aliphatic heterocycles. The Kier molecular flexibility index (Phi) is 8.13. The molecule has 2 unspecified atom stereocenters. The van der Waals surface area contributed by atoms with Crippen LogP contribution in [-0.4, -0.2) is 62.2 Å². The number of hydrogen-bond donors (Lipinski definition) is 1. The van der Waals surface area contributed by atoms with E-state index in [1.54, 1.807) is 0 Å². The zero-order valence-electron chi connectivity index (χ0n) is 13.0. The first-order valence-corrected chi connectivity index (χ1v) is 7.73. The Morgan fingerprint density at radius 3 is 2.84 bits per heavy atom. The van der Waals surface area contributed by atoms with Crippen LogP contribution in [0.1, 0.15) is 39.0 Å². The van der Waals surface area contributed by atoms with Gasteiger partial charge in [0.2, 0.25) is 0 Å². The van der Waals surface area contributed by atoms with Crippen LogP contribution in [0.2, 0.25) is 0 Å². The fourth-order valence-electron chi connectivity index (χ4n) is 2.79. The van der Waals surface area contributed by atoms with E-state index in [9.17, 15) is 0 Å². The summed E-state index contributed by atoms with van der Waals surface area (Å²) in [4.78, 5) is 4.96. The summed E-state index contributed by atoms with van der Waals surface area (Å²) >= 11 is 0. The fraction of sp³-hybridized carbons (Fsp3) is 0.875. The van der Waals surface area contributed by atoms with Gasteiger partial charge >= 0.3 is 0 Å². The third-order valence-electron chi connectivity index (χ3n) is 4.09. The Labute approximate surface area is 119 Å². The summed E-state index contributed by atoms with van der Waals surface area (Å²) in [5, 5.41) is 3.70. The quantitative estimate of drug-likeness (QED) is 0.533. The molecule has 1 aliphatic rings. The lowest BCUT2D eigenvalue weighted by molar-refractivity contribution is 0.0999. The van der Waals surface area contributed by atoms with Crippen LogP contribution >= 0.6 is 0 Å². The molecule has 0 aliphatic carbocycles. The molecule has 0 radical (unpaired) electrons. The van der Waals surface area contributed by atoms with Crippen LogP contribution in [0.15, 0.2) is 0 Å². The minimum Gasteiger partial charge on any atom is -0.314 e. The van der Waals surface area contributed by atoms with E-state index in [4.69, 9.17) is 6.42 Å². The molecule has 2 atom stereocenters. The van der Waals surface area contributed by atoms with Crippen LogP contribution in [0.3, 0.4) is 0 Å². The summed E-state index contributed by atoms with van der Waals surface area (Å²) in [6.07, 6.45) is 11.1. The SMILES string of the molecule is C#CCCCC(CC1CN(C)CCN1C)NCCC. The summed E-state index contributed by atoms with van der Waals surface area (Å²) in [5.74, 6) is 2.75. The average Bonchev–Trinajstić information content (AvgIpc) is 2.40. The predicted molar refractivity (Wildman–Crippen MR) is 83.3 cm³/mol. The van der Waals surface area contributed by atoms with Gasteiger partial charge < -0.3 is 15.1 Å². The highest BCUT2D eigenvalue weighted by Gasteiger charge is 2.24. The smallest absolute Gasteiger partial charge is 0.0235 e. The molecule has 1 saturated heterocycles. The van der Waals surface area contributed by atoms with E-state index in [2.05, 4.69) is 42.1 Å². The molecule has 0 aromatic rings. The Bertz CT molecular complexity index is 272. The van der Waals surface area contributed by atoms with Gasteiger partial charge in [0.05, 0.1) is 0 Å². The lowest BCUT2D eigenvalue weighted by atomic mass is 9.99. The van der Waals surface area contributed by atoms with Gasteiger partial charge in [-0.25, -0.2) is 0 Å². The zero-order chi connectivity index (χ0) is 14.1. The van der Waals surface area contributed by atoms with Crippen molar-refractivity contribution >= 4 is 0 Å². The van der Waals surface area contributed by atoms with Crippen molar-refractivity contribution in [2.24, 2.45) is 0 Å². The van der Waals surface area contributed by atoms with Crippen LogP contribution in [-0.2, 0) is 0 Å². The highest BCUT2D eigenvalue weighted by atomic mass is 15.3. The molecule has 1 fully saturated rings. The molecule has 0 bridgehead atoms. The first-order valence-electron chi connectivity index (χ1n) is 7.73. The molecular weight excluding hydrogens is 234 g/mol. The zero-order valence-corrected chi connectivity index (χ0v) is 13.0. The lowest BCUT2D eigenvalue weighted by Crippen LogP contribution is -2.52. The van der Waals surface area contributed by atoms with E-state index in [0.717, 1.165) is 19.4 Å². The Balaban J connectivity index is 2.42. The Morgan fingerprint density at radius 1 is 1.37 bits per heavy atom. The topological polar surface area (TPSA) is 18.5 Å². The van der Waals surface area contributed by atoms with Crippen molar-refractivity contribution in [3.8, 4) is 12.3 Å². The highest BCUT2D eigenvalue weighted by Crippen LogP contribution is 2.15. The molecule has 1 heterocycles. The van der Waals surface area contributed by atoms with E-state index < -0.39 is 0 Å². The van der Waals surface area contributed by atoms with Crippen molar-refractivity contribution in [2.45, 2.75) is 51.1 Å². The maximum absolute atomic E-state index is 5.35.